The molecule has 1 unspecified atom stereocenters. The molecule has 2 aromatic rings. The minimum absolute atomic E-state index is 0.118. The molecule has 0 aliphatic carbocycles. The van der Waals surface area contributed by atoms with Crippen molar-refractivity contribution in [2.24, 2.45) is 0 Å². The third kappa shape index (κ3) is 3.93. The van der Waals surface area contributed by atoms with Gasteiger partial charge in [-0.2, -0.15) is 0 Å². The number of morpholine rings is 1. The standard InChI is InChI=1S/C20H25N5O3/c21-6-4-15(23-18-3-1-2-10-28-18)20-19-14(5-7-22-20)16(26)13-17(24-19)25-8-11-27-12-9-25/h4-7,13,18,21,23H,1-3,8-12H2,(H,24,26)/b15-4-,21-6?. The van der Waals surface area contributed by atoms with E-state index in [1.807, 2.05) is 0 Å². The van der Waals surface area contributed by atoms with E-state index in [-0.39, 0.29) is 12.0 Å². The molecule has 0 spiro atoms. The van der Waals surface area contributed by atoms with Crippen LogP contribution in [0.15, 0.2) is 24.4 Å². The Hall–Kier alpha value is -2.71. The van der Waals surface area contributed by atoms with Crippen LogP contribution >= 0.6 is 0 Å². The van der Waals surface area contributed by atoms with E-state index < -0.39 is 0 Å². The van der Waals surface area contributed by atoms with Crippen molar-refractivity contribution in [2.45, 2.75) is 25.5 Å². The molecule has 2 saturated heterocycles. The molecular weight excluding hydrogens is 358 g/mol. The zero-order valence-corrected chi connectivity index (χ0v) is 15.7. The van der Waals surface area contributed by atoms with Gasteiger partial charge in [-0.15, -0.1) is 0 Å². The second-order valence-electron chi connectivity index (χ2n) is 6.90. The van der Waals surface area contributed by atoms with E-state index in [9.17, 15) is 5.11 Å². The molecule has 2 fully saturated rings. The van der Waals surface area contributed by atoms with Crippen LogP contribution in [0.3, 0.4) is 0 Å². The van der Waals surface area contributed by atoms with Crippen molar-refractivity contribution in [3.8, 4) is 5.75 Å². The smallest absolute Gasteiger partial charge is 0.133 e. The van der Waals surface area contributed by atoms with Gasteiger partial charge >= 0.3 is 0 Å². The topological polar surface area (TPSA) is 104 Å². The Bertz CT molecular complexity index is 874. The largest absolute Gasteiger partial charge is 0.507 e. The molecule has 2 aliphatic heterocycles. The number of hydrogen-bond acceptors (Lipinski definition) is 8. The van der Waals surface area contributed by atoms with E-state index in [1.54, 1.807) is 24.4 Å². The van der Waals surface area contributed by atoms with E-state index in [1.165, 1.54) is 6.21 Å². The Morgan fingerprint density at radius 1 is 1.29 bits per heavy atom. The van der Waals surface area contributed by atoms with Crippen molar-refractivity contribution < 1.29 is 14.6 Å². The van der Waals surface area contributed by atoms with Gasteiger partial charge in [0.15, 0.2) is 0 Å². The average molecular weight is 383 g/mol. The summed E-state index contributed by atoms with van der Waals surface area (Å²) in [6, 6.07) is 3.44. The Kier molecular flexibility index (Phi) is 5.68. The lowest BCUT2D eigenvalue weighted by molar-refractivity contribution is 0.00530. The molecule has 1 atom stereocenters. The second-order valence-corrected chi connectivity index (χ2v) is 6.90. The van der Waals surface area contributed by atoms with Crippen molar-refractivity contribution in [3.63, 3.8) is 0 Å². The number of ether oxygens (including phenoxy) is 2. The Morgan fingerprint density at radius 2 is 2.14 bits per heavy atom. The predicted octanol–water partition coefficient (Wildman–Crippen LogP) is 2.28. The quantitative estimate of drug-likeness (QED) is 0.681. The summed E-state index contributed by atoms with van der Waals surface area (Å²) in [6.45, 7) is 3.45. The van der Waals surface area contributed by atoms with Gasteiger partial charge in [0.2, 0.25) is 0 Å². The highest BCUT2D eigenvalue weighted by atomic mass is 16.5. The number of rotatable bonds is 5. The van der Waals surface area contributed by atoms with Gasteiger partial charge in [0.05, 0.1) is 18.9 Å². The minimum Gasteiger partial charge on any atom is -0.507 e. The fraction of sp³-hybridized carbons (Fsp3) is 0.450. The number of nitrogens with one attached hydrogen (secondary N) is 2. The van der Waals surface area contributed by atoms with Gasteiger partial charge < -0.3 is 30.2 Å². The van der Waals surface area contributed by atoms with E-state index >= 15 is 0 Å². The fourth-order valence-electron chi connectivity index (χ4n) is 3.58. The monoisotopic (exact) mass is 383 g/mol. The molecule has 0 saturated carbocycles. The highest BCUT2D eigenvalue weighted by Gasteiger charge is 2.20. The summed E-state index contributed by atoms with van der Waals surface area (Å²) in [6.07, 6.45) is 7.46. The molecule has 2 aromatic heterocycles. The van der Waals surface area contributed by atoms with Gasteiger partial charge in [-0.05, 0) is 31.4 Å². The second kappa shape index (κ2) is 8.53. The van der Waals surface area contributed by atoms with Crippen LogP contribution in [0.4, 0.5) is 5.82 Å². The first kappa shape index (κ1) is 18.6. The molecule has 4 heterocycles. The molecule has 148 valence electrons. The lowest BCUT2D eigenvalue weighted by Crippen LogP contribution is -2.36. The van der Waals surface area contributed by atoms with E-state index in [2.05, 4.69) is 15.2 Å². The first-order valence-electron chi connectivity index (χ1n) is 9.67. The highest BCUT2D eigenvalue weighted by molar-refractivity contribution is 5.95. The van der Waals surface area contributed by atoms with Crippen LogP contribution in [-0.4, -0.2) is 60.4 Å². The van der Waals surface area contributed by atoms with Gasteiger partial charge in [0.25, 0.3) is 0 Å². The highest BCUT2D eigenvalue weighted by Crippen LogP contribution is 2.31. The van der Waals surface area contributed by atoms with Crippen molar-refractivity contribution in [3.05, 3.63) is 30.1 Å². The molecule has 0 radical (unpaired) electrons. The predicted molar refractivity (Wildman–Crippen MR) is 108 cm³/mol. The SMILES string of the molecule is N=C/C=C(\NC1CCCCO1)c1nccc2c(O)cc(N3CCOCC3)nc12. The third-order valence-electron chi connectivity index (χ3n) is 5.03. The van der Waals surface area contributed by atoms with Crippen LogP contribution in [0.1, 0.15) is 25.0 Å². The number of aromatic hydroxyl groups is 1. The molecule has 3 N–H and O–H groups in total. The number of allylic oxidation sites excluding steroid dienone is 1. The Labute approximate surface area is 163 Å². The summed E-state index contributed by atoms with van der Waals surface area (Å²) < 4.78 is 11.2. The number of aromatic nitrogens is 2. The van der Waals surface area contributed by atoms with Crippen LogP contribution in [0.25, 0.3) is 16.6 Å². The summed E-state index contributed by atoms with van der Waals surface area (Å²) >= 11 is 0. The third-order valence-corrected chi connectivity index (χ3v) is 5.03. The maximum atomic E-state index is 10.6. The summed E-state index contributed by atoms with van der Waals surface area (Å²) in [4.78, 5) is 11.4. The van der Waals surface area contributed by atoms with Crippen LogP contribution in [0.2, 0.25) is 0 Å². The van der Waals surface area contributed by atoms with Crippen LogP contribution in [0, 0.1) is 5.41 Å². The van der Waals surface area contributed by atoms with Gasteiger partial charge in [0, 0.05) is 43.6 Å². The molecule has 2 aliphatic rings. The van der Waals surface area contributed by atoms with Crippen LogP contribution in [-0.2, 0) is 9.47 Å². The van der Waals surface area contributed by atoms with E-state index in [0.29, 0.717) is 41.3 Å². The zero-order chi connectivity index (χ0) is 19.3. The lowest BCUT2D eigenvalue weighted by Gasteiger charge is -2.28. The Balaban J connectivity index is 1.74. The van der Waals surface area contributed by atoms with Gasteiger partial charge in [0.1, 0.15) is 29.0 Å². The number of fused-ring (bicyclic) bond motifs is 1. The lowest BCUT2D eigenvalue weighted by atomic mass is 10.1. The van der Waals surface area contributed by atoms with E-state index in [0.717, 1.165) is 39.0 Å². The number of anilines is 1. The average Bonchev–Trinajstić information content (AvgIpc) is 2.74. The maximum absolute atomic E-state index is 10.6. The fourth-order valence-corrected chi connectivity index (χ4v) is 3.58. The summed E-state index contributed by atoms with van der Waals surface area (Å²) in [5, 5.41) is 22.1. The van der Waals surface area contributed by atoms with Crippen molar-refractivity contribution in [2.75, 3.05) is 37.8 Å². The molecule has 8 nitrogen and oxygen atoms in total. The minimum atomic E-state index is -0.118. The molecule has 8 heteroatoms. The van der Waals surface area contributed by atoms with Gasteiger partial charge in [-0.25, -0.2) is 4.98 Å². The van der Waals surface area contributed by atoms with Crippen LogP contribution < -0.4 is 10.2 Å². The maximum Gasteiger partial charge on any atom is 0.133 e. The Morgan fingerprint density at radius 3 is 2.89 bits per heavy atom. The normalized spacial score (nSPS) is 20.9. The number of pyridine rings is 2. The van der Waals surface area contributed by atoms with Crippen molar-refractivity contribution >= 4 is 28.6 Å². The van der Waals surface area contributed by atoms with Gasteiger partial charge in [-0.1, -0.05) is 0 Å². The first-order valence-corrected chi connectivity index (χ1v) is 9.67. The molecule has 0 aromatic carbocycles. The van der Waals surface area contributed by atoms with Crippen molar-refractivity contribution in [1.29, 1.82) is 5.41 Å². The number of hydrogen-bond donors (Lipinski definition) is 3. The first-order chi connectivity index (χ1) is 13.8. The molecule has 4 rings (SSSR count). The zero-order valence-electron chi connectivity index (χ0n) is 15.7. The summed E-state index contributed by atoms with van der Waals surface area (Å²) in [7, 11) is 0. The van der Waals surface area contributed by atoms with Crippen molar-refractivity contribution in [1.82, 2.24) is 15.3 Å². The number of nitrogens with zero attached hydrogens (tertiary/aromatic N) is 3. The molecule has 0 bridgehead atoms. The summed E-state index contributed by atoms with van der Waals surface area (Å²) in [5.41, 5.74) is 1.86. The summed E-state index contributed by atoms with van der Waals surface area (Å²) in [5.74, 6) is 0.865. The van der Waals surface area contributed by atoms with Gasteiger partial charge in [-0.3, -0.25) is 4.98 Å². The molecule has 28 heavy (non-hydrogen) atoms. The van der Waals surface area contributed by atoms with E-state index in [4.69, 9.17) is 19.9 Å². The molecular formula is C20H25N5O3. The van der Waals surface area contributed by atoms with Crippen LogP contribution in [0.5, 0.6) is 5.75 Å². The molecule has 0 amide bonds.